The van der Waals surface area contributed by atoms with Gasteiger partial charge in [0.2, 0.25) is 6.41 Å². The second-order valence-electron chi connectivity index (χ2n) is 2.73. The maximum atomic E-state index is 10.3. The normalized spacial score (nSPS) is 9.38. The minimum absolute atomic E-state index is 0.662. The number of halogens is 1. The largest absolute Gasteiger partial charge is 0.328 e. The Morgan fingerprint density at radius 2 is 2.31 bits per heavy atom. The standard InChI is InChI=1S/C10H10BrNO/c1-7(2)9-5-8(11)3-4-10(9)12-6-13/h3-6H,1H2,2H3,(H,12,13). The Hall–Kier alpha value is -1.09. The van der Waals surface area contributed by atoms with Crippen LogP contribution in [-0.2, 0) is 4.79 Å². The molecule has 2 nitrogen and oxygen atoms in total. The van der Waals surface area contributed by atoms with Crippen molar-refractivity contribution in [2.75, 3.05) is 5.32 Å². The van der Waals surface area contributed by atoms with E-state index in [1.54, 1.807) is 0 Å². The van der Waals surface area contributed by atoms with Crippen molar-refractivity contribution in [2.45, 2.75) is 6.92 Å². The lowest BCUT2D eigenvalue weighted by atomic mass is 10.1. The van der Waals surface area contributed by atoms with Gasteiger partial charge in [0.25, 0.3) is 0 Å². The van der Waals surface area contributed by atoms with E-state index in [1.807, 2.05) is 25.1 Å². The monoisotopic (exact) mass is 239 g/mol. The SMILES string of the molecule is C=C(C)c1cc(Br)ccc1NC=O. The van der Waals surface area contributed by atoms with Crippen molar-refractivity contribution in [1.29, 1.82) is 0 Å². The molecule has 1 aromatic carbocycles. The highest BCUT2D eigenvalue weighted by Crippen LogP contribution is 2.25. The van der Waals surface area contributed by atoms with E-state index in [4.69, 9.17) is 0 Å². The average molecular weight is 240 g/mol. The van der Waals surface area contributed by atoms with Gasteiger partial charge in [0.1, 0.15) is 0 Å². The topological polar surface area (TPSA) is 29.1 Å². The molecule has 13 heavy (non-hydrogen) atoms. The van der Waals surface area contributed by atoms with Crippen molar-refractivity contribution >= 4 is 33.6 Å². The number of anilines is 1. The van der Waals surface area contributed by atoms with Crippen molar-refractivity contribution < 1.29 is 4.79 Å². The van der Waals surface area contributed by atoms with E-state index in [0.29, 0.717) is 6.41 Å². The number of allylic oxidation sites excluding steroid dienone is 1. The van der Waals surface area contributed by atoms with Gasteiger partial charge in [0.15, 0.2) is 0 Å². The molecule has 0 unspecified atom stereocenters. The summed E-state index contributed by atoms with van der Waals surface area (Å²) < 4.78 is 0.974. The van der Waals surface area contributed by atoms with Crippen LogP contribution in [0.5, 0.6) is 0 Å². The number of rotatable bonds is 3. The third-order valence-electron chi connectivity index (χ3n) is 1.66. The van der Waals surface area contributed by atoms with Crippen LogP contribution in [0.4, 0.5) is 5.69 Å². The van der Waals surface area contributed by atoms with E-state index in [9.17, 15) is 4.79 Å². The molecule has 0 aliphatic carbocycles. The molecule has 0 aliphatic rings. The summed E-state index contributed by atoms with van der Waals surface area (Å²) in [6.07, 6.45) is 0.662. The predicted octanol–water partition coefficient (Wildman–Crippen LogP) is 3.05. The Kier molecular flexibility index (Phi) is 3.25. The molecule has 0 saturated carbocycles. The van der Waals surface area contributed by atoms with Crippen LogP contribution in [0.25, 0.3) is 5.57 Å². The molecule has 0 aliphatic heterocycles. The Morgan fingerprint density at radius 1 is 1.62 bits per heavy atom. The molecule has 0 saturated heterocycles. The van der Waals surface area contributed by atoms with Crippen molar-refractivity contribution in [3.05, 3.63) is 34.8 Å². The summed E-state index contributed by atoms with van der Waals surface area (Å²) >= 11 is 3.36. The van der Waals surface area contributed by atoms with Gasteiger partial charge in [-0.3, -0.25) is 4.79 Å². The molecule has 0 fully saturated rings. The average Bonchev–Trinajstić information content (AvgIpc) is 2.08. The van der Waals surface area contributed by atoms with Crippen LogP contribution in [0.15, 0.2) is 29.3 Å². The van der Waals surface area contributed by atoms with Crippen LogP contribution in [0.1, 0.15) is 12.5 Å². The second-order valence-corrected chi connectivity index (χ2v) is 3.65. The number of carbonyl (C=O) groups is 1. The van der Waals surface area contributed by atoms with Gasteiger partial charge in [-0.2, -0.15) is 0 Å². The Bertz CT molecular complexity index is 347. The molecule has 1 aromatic rings. The molecule has 0 heterocycles. The highest BCUT2D eigenvalue weighted by molar-refractivity contribution is 9.10. The van der Waals surface area contributed by atoms with E-state index in [-0.39, 0.29) is 0 Å². The van der Waals surface area contributed by atoms with Gasteiger partial charge < -0.3 is 5.32 Å². The fourth-order valence-corrected chi connectivity index (χ4v) is 1.42. The maximum Gasteiger partial charge on any atom is 0.211 e. The summed E-state index contributed by atoms with van der Waals surface area (Å²) in [5, 5.41) is 2.62. The molecule has 1 rings (SSSR count). The molecule has 0 bridgehead atoms. The Morgan fingerprint density at radius 3 is 2.85 bits per heavy atom. The first-order valence-electron chi connectivity index (χ1n) is 3.80. The van der Waals surface area contributed by atoms with Gasteiger partial charge in [0, 0.05) is 15.7 Å². The van der Waals surface area contributed by atoms with Gasteiger partial charge in [0.05, 0.1) is 0 Å². The van der Waals surface area contributed by atoms with E-state index in [2.05, 4.69) is 27.8 Å². The zero-order valence-corrected chi connectivity index (χ0v) is 8.89. The van der Waals surface area contributed by atoms with E-state index in [0.717, 1.165) is 21.3 Å². The molecule has 0 radical (unpaired) electrons. The number of nitrogens with one attached hydrogen (secondary N) is 1. The third kappa shape index (κ3) is 2.42. The quantitative estimate of drug-likeness (QED) is 0.808. The minimum Gasteiger partial charge on any atom is -0.328 e. The number of carbonyl (C=O) groups excluding carboxylic acids is 1. The lowest BCUT2D eigenvalue weighted by Gasteiger charge is -2.07. The highest BCUT2D eigenvalue weighted by Gasteiger charge is 2.02. The number of amides is 1. The first-order valence-corrected chi connectivity index (χ1v) is 4.60. The van der Waals surface area contributed by atoms with E-state index >= 15 is 0 Å². The van der Waals surface area contributed by atoms with Crippen LogP contribution in [0.3, 0.4) is 0 Å². The summed E-state index contributed by atoms with van der Waals surface area (Å²) in [6, 6.07) is 5.63. The molecular formula is C10H10BrNO. The highest BCUT2D eigenvalue weighted by atomic mass is 79.9. The summed E-state index contributed by atoms with van der Waals surface area (Å²) in [6.45, 7) is 5.73. The van der Waals surface area contributed by atoms with Gasteiger partial charge in [-0.1, -0.05) is 22.5 Å². The fourth-order valence-electron chi connectivity index (χ4n) is 1.06. The summed E-state index contributed by atoms with van der Waals surface area (Å²) in [5.41, 5.74) is 2.65. The molecule has 0 atom stereocenters. The zero-order chi connectivity index (χ0) is 9.84. The molecular weight excluding hydrogens is 230 g/mol. The summed E-state index contributed by atoms with van der Waals surface area (Å²) in [5.74, 6) is 0. The van der Waals surface area contributed by atoms with Crippen LogP contribution in [0.2, 0.25) is 0 Å². The summed E-state index contributed by atoms with van der Waals surface area (Å²) in [4.78, 5) is 10.3. The molecule has 3 heteroatoms. The van der Waals surface area contributed by atoms with Crippen LogP contribution in [0, 0.1) is 0 Å². The van der Waals surface area contributed by atoms with Crippen molar-refractivity contribution in [3.63, 3.8) is 0 Å². The van der Waals surface area contributed by atoms with E-state index in [1.165, 1.54) is 0 Å². The van der Waals surface area contributed by atoms with Gasteiger partial charge in [-0.25, -0.2) is 0 Å². The molecule has 0 spiro atoms. The molecule has 68 valence electrons. The van der Waals surface area contributed by atoms with Crippen LogP contribution < -0.4 is 5.32 Å². The zero-order valence-electron chi connectivity index (χ0n) is 7.30. The predicted molar refractivity (Wildman–Crippen MR) is 58.5 cm³/mol. The molecule has 1 N–H and O–H groups in total. The van der Waals surface area contributed by atoms with Crippen LogP contribution in [-0.4, -0.2) is 6.41 Å². The molecule has 1 amide bonds. The van der Waals surface area contributed by atoms with Gasteiger partial charge >= 0.3 is 0 Å². The Labute approximate surface area is 85.8 Å². The first-order chi connectivity index (χ1) is 6.15. The number of benzene rings is 1. The summed E-state index contributed by atoms with van der Waals surface area (Å²) in [7, 11) is 0. The second kappa shape index (κ2) is 4.23. The van der Waals surface area contributed by atoms with Crippen LogP contribution >= 0.6 is 15.9 Å². The van der Waals surface area contributed by atoms with Crippen molar-refractivity contribution in [1.82, 2.24) is 0 Å². The number of hydrogen-bond acceptors (Lipinski definition) is 1. The van der Waals surface area contributed by atoms with Gasteiger partial charge in [-0.15, -0.1) is 0 Å². The maximum absolute atomic E-state index is 10.3. The minimum atomic E-state index is 0.662. The first kappa shape index (κ1) is 9.99. The number of hydrogen-bond donors (Lipinski definition) is 1. The van der Waals surface area contributed by atoms with Crippen molar-refractivity contribution in [3.8, 4) is 0 Å². The van der Waals surface area contributed by atoms with Crippen molar-refractivity contribution in [2.24, 2.45) is 0 Å². The Balaban J connectivity index is 3.17. The van der Waals surface area contributed by atoms with E-state index < -0.39 is 0 Å². The lowest BCUT2D eigenvalue weighted by Crippen LogP contribution is -1.97. The molecule has 0 aromatic heterocycles. The fraction of sp³-hybridized carbons (Fsp3) is 0.100. The third-order valence-corrected chi connectivity index (χ3v) is 2.15. The lowest BCUT2D eigenvalue weighted by molar-refractivity contribution is -0.105. The smallest absolute Gasteiger partial charge is 0.211 e. The van der Waals surface area contributed by atoms with Gasteiger partial charge in [-0.05, 0) is 30.7 Å².